The molecule has 0 radical (unpaired) electrons. The Labute approximate surface area is 471 Å². The molecule has 2 aromatic rings. The number of ether oxygens (including phenoxy) is 10. The Bertz CT molecular complexity index is 2520. The summed E-state index contributed by atoms with van der Waals surface area (Å²) in [5.74, 6) is -4.99. The summed E-state index contributed by atoms with van der Waals surface area (Å²) in [6.07, 6.45) is -20.7. The van der Waals surface area contributed by atoms with Gasteiger partial charge in [-0.3, -0.25) is 14.4 Å². The molecule has 0 aromatic heterocycles. The summed E-state index contributed by atoms with van der Waals surface area (Å²) in [5.41, 5.74) is -1.27. The first kappa shape index (κ1) is 63.3. The highest BCUT2D eigenvalue weighted by Gasteiger charge is 2.51. The number of esters is 1. The van der Waals surface area contributed by atoms with Gasteiger partial charge >= 0.3 is 5.97 Å². The van der Waals surface area contributed by atoms with Crippen molar-refractivity contribution < 1.29 is 113 Å². The number of ketones is 2. The predicted octanol–water partition coefficient (Wildman–Crippen LogP) is 2.43. The standard InChI is InChI=1S/C58H86O23/c1-11-12-40(60)78-38-20-42(74-28(7)50(38)65)80-39-21-41(73-29(8)51(39)66)79-35-17-31-15-30-16-34(55(72-10)54(69)48(63)26(5)59)56(53(68)45(30)52(67)44(31)47(62)25(35)4)81-43-19-37(49(64)27(6)75-43)76-32-13-23(2)46(61)36(18-32)77-33-14-24(3)57(70)58(9,71)22-33/h15,17,23-24,26-29,32-34,36-39,41-43,46,48-51,55-57,59,61-67,70-71H,11-14,16,18-22H2,1-10H3/t23?,24?,26-,27?,28?,29?,32-,33-,34+,36-,37-,38-,39-,41+,42+,43+,46+,48+,49-,50-,51-,55+,56+,57-,58+/m1/s1. The first-order valence-electron chi connectivity index (χ1n) is 28.7. The van der Waals surface area contributed by atoms with Crippen molar-refractivity contribution in [3.63, 3.8) is 0 Å². The monoisotopic (exact) mass is 1150 g/mol. The Morgan fingerprint density at radius 3 is 1.90 bits per heavy atom. The van der Waals surface area contributed by atoms with Crippen LogP contribution in [0.25, 0.3) is 10.8 Å². The lowest BCUT2D eigenvalue weighted by molar-refractivity contribution is -0.299. The molecule has 8 rings (SSSR count). The van der Waals surface area contributed by atoms with Gasteiger partial charge in [-0.1, -0.05) is 20.8 Å². The zero-order valence-electron chi connectivity index (χ0n) is 47.9. The second kappa shape index (κ2) is 25.9. The third kappa shape index (κ3) is 13.5. The molecule has 3 aliphatic heterocycles. The van der Waals surface area contributed by atoms with Crippen molar-refractivity contribution in [2.75, 3.05) is 7.11 Å². The van der Waals surface area contributed by atoms with Crippen LogP contribution in [0.5, 0.6) is 17.2 Å². The molecule has 0 amide bonds. The van der Waals surface area contributed by atoms with Crippen LogP contribution in [0.15, 0.2) is 12.1 Å². The molecule has 456 valence electrons. The number of fused-ring (bicyclic) bond motifs is 2. The Kier molecular flexibility index (Phi) is 20.2. The van der Waals surface area contributed by atoms with E-state index < -0.39 is 169 Å². The van der Waals surface area contributed by atoms with E-state index in [1.54, 1.807) is 33.8 Å². The number of carbonyl (C=O) groups is 3. The molecule has 2 aromatic carbocycles. The van der Waals surface area contributed by atoms with Crippen LogP contribution in [0.4, 0.5) is 0 Å². The number of aromatic hydroxyl groups is 2. The first-order valence-corrected chi connectivity index (χ1v) is 28.7. The number of aliphatic hydroxyl groups is 8. The number of phenols is 2. The normalized spacial score (nSPS) is 40.5. The van der Waals surface area contributed by atoms with Gasteiger partial charge in [-0.05, 0) is 102 Å². The Hall–Kier alpha value is -3.73. The number of benzene rings is 2. The maximum Gasteiger partial charge on any atom is 0.306 e. The fraction of sp³-hybridized carbons (Fsp3) is 0.776. The molecule has 5 fully saturated rings. The average Bonchev–Trinajstić information content (AvgIpc) is 2.70. The topological polar surface area (TPSA) is 346 Å². The molecule has 0 bridgehead atoms. The lowest BCUT2D eigenvalue weighted by Crippen LogP contribution is -2.56. The molecule has 0 spiro atoms. The van der Waals surface area contributed by atoms with Gasteiger partial charge in [0, 0.05) is 57.1 Å². The number of hydrogen-bond donors (Lipinski definition) is 10. The van der Waals surface area contributed by atoms with E-state index in [9.17, 15) is 60.7 Å². The first-order chi connectivity index (χ1) is 38.1. The van der Waals surface area contributed by atoms with Gasteiger partial charge in [0.2, 0.25) is 6.29 Å². The summed E-state index contributed by atoms with van der Waals surface area (Å²) in [7, 11) is 1.20. The van der Waals surface area contributed by atoms with E-state index in [4.69, 9.17) is 47.4 Å². The molecule has 6 aliphatic rings. The van der Waals surface area contributed by atoms with Crippen molar-refractivity contribution in [2.24, 2.45) is 17.8 Å². The van der Waals surface area contributed by atoms with Gasteiger partial charge in [0.15, 0.2) is 24.1 Å². The highest BCUT2D eigenvalue weighted by molar-refractivity contribution is 6.11. The highest BCUT2D eigenvalue weighted by atomic mass is 16.7. The van der Waals surface area contributed by atoms with E-state index in [1.807, 2.05) is 20.8 Å². The number of Topliss-reactive ketones (excluding diaryl/α,β-unsaturated/α-hetero) is 2. The van der Waals surface area contributed by atoms with Crippen molar-refractivity contribution in [3.8, 4) is 17.2 Å². The number of carbonyl (C=O) groups excluding carboxylic acids is 3. The van der Waals surface area contributed by atoms with E-state index in [1.165, 1.54) is 27.0 Å². The van der Waals surface area contributed by atoms with Crippen molar-refractivity contribution in [1.29, 1.82) is 0 Å². The SMILES string of the molecule is CCCC(=O)O[C@@H]1C[C@H](O[C@@H]2C[C@H](Oc3cc4cc5c(c(O)c4c(O)c3C)C(=O)[C@@H](O[C@H]3C[C@@H](O[C@@H]4CC(C)[C@H](O)[C@H](O[C@@H]6CC(C)[C@@H](O)[C@@](C)(O)C6)C4)[C@H](O)C(C)O3)[C@H]([C@H](OC)C(=O)[C@@H](O)[C@@H](C)O)C5)OC(C)[C@H]2O)OC(C)[C@H]1O. The lowest BCUT2D eigenvalue weighted by atomic mass is 9.75. The minimum absolute atomic E-state index is 0.00748. The van der Waals surface area contributed by atoms with Crippen LogP contribution in [0.2, 0.25) is 0 Å². The van der Waals surface area contributed by atoms with Crippen LogP contribution in [0.1, 0.15) is 135 Å². The molecule has 3 saturated heterocycles. The molecule has 23 heteroatoms. The van der Waals surface area contributed by atoms with Gasteiger partial charge in [-0.2, -0.15) is 0 Å². The molecule has 2 saturated carbocycles. The second-order valence-corrected chi connectivity index (χ2v) is 24.1. The lowest BCUT2D eigenvalue weighted by Gasteiger charge is -2.46. The molecule has 23 nitrogen and oxygen atoms in total. The van der Waals surface area contributed by atoms with Crippen molar-refractivity contribution in [2.45, 2.75) is 261 Å². The predicted molar refractivity (Wildman–Crippen MR) is 284 cm³/mol. The van der Waals surface area contributed by atoms with Crippen LogP contribution in [-0.2, 0) is 58.6 Å². The fourth-order valence-corrected chi connectivity index (χ4v) is 12.9. The van der Waals surface area contributed by atoms with Gasteiger partial charge in [-0.15, -0.1) is 0 Å². The molecular weight excluding hydrogens is 1060 g/mol. The molecule has 3 heterocycles. The maximum atomic E-state index is 15.1. The summed E-state index contributed by atoms with van der Waals surface area (Å²) in [4.78, 5) is 41.4. The number of methoxy groups -OCH3 is 1. The molecule has 10 N–H and O–H groups in total. The van der Waals surface area contributed by atoms with Gasteiger partial charge in [-0.25, -0.2) is 0 Å². The van der Waals surface area contributed by atoms with E-state index in [2.05, 4.69) is 0 Å². The molecule has 3 aliphatic carbocycles. The summed E-state index contributed by atoms with van der Waals surface area (Å²) in [6, 6.07) is 3.07. The zero-order chi connectivity index (χ0) is 59.3. The Morgan fingerprint density at radius 2 is 1.28 bits per heavy atom. The quantitative estimate of drug-likeness (QED) is 0.0958. The Balaban J connectivity index is 1.03. The van der Waals surface area contributed by atoms with Gasteiger partial charge < -0.3 is 98.4 Å². The van der Waals surface area contributed by atoms with Crippen LogP contribution < -0.4 is 4.74 Å². The number of hydrogen-bond acceptors (Lipinski definition) is 23. The largest absolute Gasteiger partial charge is 0.507 e. The average molecular weight is 1150 g/mol. The second-order valence-electron chi connectivity index (χ2n) is 24.1. The van der Waals surface area contributed by atoms with Crippen LogP contribution in [-0.4, -0.2) is 210 Å². The van der Waals surface area contributed by atoms with Crippen LogP contribution >= 0.6 is 0 Å². The summed E-state index contributed by atoms with van der Waals surface area (Å²) >= 11 is 0. The molecule has 5 unspecified atom stereocenters. The number of rotatable bonds is 18. The van der Waals surface area contributed by atoms with Crippen LogP contribution in [0, 0.1) is 24.7 Å². The number of aliphatic hydroxyl groups excluding tert-OH is 7. The molecular formula is C58H86O23. The minimum atomic E-state index is -1.93. The minimum Gasteiger partial charge on any atom is -0.507 e. The third-order valence-corrected chi connectivity index (χ3v) is 17.5. The summed E-state index contributed by atoms with van der Waals surface area (Å²) in [5, 5.41) is 112. The van der Waals surface area contributed by atoms with Crippen molar-refractivity contribution in [1.82, 2.24) is 0 Å². The van der Waals surface area contributed by atoms with Crippen LogP contribution in [0.3, 0.4) is 0 Å². The summed E-state index contributed by atoms with van der Waals surface area (Å²) < 4.78 is 61.5. The smallest absolute Gasteiger partial charge is 0.306 e. The van der Waals surface area contributed by atoms with Gasteiger partial charge in [0.05, 0.1) is 83.7 Å². The summed E-state index contributed by atoms with van der Waals surface area (Å²) in [6.45, 7) is 14.7. The van der Waals surface area contributed by atoms with E-state index in [0.29, 0.717) is 19.3 Å². The van der Waals surface area contributed by atoms with E-state index >= 15 is 4.79 Å². The van der Waals surface area contributed by atoms with Gasteiger partial charge in [0.1, 0.15) is 60.0 Å². The number of phenolic OH excluding ortho intramolecular Hbond substituents is 2. The fourth-order valence-electron chi connectivity index (χ4n) is 12.9. The van der Waals surface area contributed by atoms with Crippen molar-refractivity contribution >= 4 is 28.3 Å². The van der Waals surface area contributed by atoms with Crippen molar-refractivity contribution in [3.05, 3.63) is 28.8 Å². The van der Waals surface area contributed by atoms with E-state index in [0.717, 1.165) is 0 Å². The van der Waals surface area contributed by atoms with E-state index in [-0.39, 0.29) is 90.0 Å². The maximum absolute atomic E-state index is 15.1. The highest BCUT2D eigenvalue weighted by Crippen LogP contribution is 2.48. The molecule has 81 heavy (non-hydrogen) atoms. The van der Waals surface area contributed by atoms with Gasteiger partial charge in [0.25, 0.3) is 0 Å². The molecule has 25 atom stereocenters. The Morgan fingerprint density at radius 1 is 0.728 bits per heavy atom. The third-order valence-electron chi connectivity index (χ3n) is 17.5. The zero-order valence-corrected chi connectivity index (χ0v) is 47.9.